The zero-order chi connectivity index (χ0) is 13.7. The van der Waals surface area contributed by atoms with Gasteiger partial charge in [-0.3, -0.25) is 0 Å². The third-order valence-corrected chi connectivity index (χ3v) is 3.54. The number of fused-ring (bicyclic) bond motifs is 1. The van der Waals surface area contributed by atoms with E-state index >= 15 is 0 Å². The number of para-hydroxylation sites is 1. The van der Waals surface area contributed by atoms with E-state index in [0.29, 0.717) is 11.9 Å². The van der Waals surface area contributed by atoms with Crippen molar-refractivity contribution < 1.29 is 0 Å². The summed E-state index contributed by atoms with van der Waals surface area (Å²) in [7, 11) is 1.84. The Balaban J connectivity index is 2.30. The van der Waals surface area contributed by atoms with Crippen molar-refractivity contribution in [2.45, 2.75) is 26.7 Å². The highest BCUT2D eigenvalue weighted by atomic mass is 15.1. The molecule has 0 fully saturated rings. The zero-order valence-corrected chi connectivity index (χ0v) is 11.9. The molecule has 0 radical (unpaired) electrons. The molecule has 1 heterocycles. The molecular weight excluding hydrogens is 236 g/mol. The Kier molecular flexibility index (Phi) is 4.55. The molecule has 4 heteroatoms. The van der Waals surface area contributed by atoms with Gasteiger partial charge in [-0.2, -0.15) is 4.98 Å². The lowest BCUT2D eigenvalue weighted by Gasteiger charge is -2.15. The third kappa shape index (κ3) is 3.13. The van der Waals surface area contributed by atoms with Crippen molar-refractivity contribution in [2.75, 3.05) is 24.2 Å². The molecule has 0 unspecified atom stereocenters. The van der Waals surface area contributed by atoms with Crippen LogP contribution in [0.5, 0.6) is 0 Å². The van der Waals surface area contributed by atoms with Crippen LogP contribution in [0.4, 0.5) is 11.8 Å². The summed E-state index contributed by atoms with van der Waals surface area (Å²) in [5, 5.41) is 7.56. The SMILES string of the molecule is CCC(CC)CNc1nc(NC)nc2ccccc12. The lowest BCUT2D eigenvalue weighted by Crippen LogP contribution is -2.14. The summed E-state index contributed by atoms with van der Waals surface area (Å²) in [5.41, 5.74) is 0.967. The predicted octanol–water partition coefficient (Wildman–Crippen LogP) is 3.52. The number of nitrogens with one attached hydrogen (secondary N) is 2. The number of rotatable bonds is 6. The van der Waals surface area contributed by atoms with E-state index in [9.17, 15) is 0 Å². The van der Waals surface area contributed by atoms with Gasteiger partial charge >= 0.3 is 0 Å². The lowest BCUT2D eigenvalue weighted by atomic mass is 10.0. The molecule has 0 bridgehead atoms. The molecular formula is C15H22N4. The molecule has 0 amide bonds. The van der Waals surface area contributed by atoms with Crippen LogP contribution in [0.15, 0.2) is 24.3 Å². The van der Waals surface area contributed by atoms with Gasteiger partial charge in [0, 0.05) is 19.0 Å². The molecule has 0 aliphatic carbocycles. The third-order valence-electron chi connectivity index (χ3n) is 3.54. The Bertz CT molecular complexity index is 535. The maximum absolute atomic E-state index is 4.53. The van der Waals surface area contributed by atoms with Crippen LogP contribution in [0.3, 0.4) is 0 Å². The minimum Gasteiger partial charge on any atom is -0.369 e. The largest absolute Gasteiger partial charge is 0.369 e. The molecule has 0 aliphatic rings. The predicted molar refractivity (Wildman–Crippen MR) is 81.6 cm³/mol. The average Bonchev–Trinajstić information content (AvgIpc) is 2.47. The smallest absolute Gasteiger partial charge is 0.224 e. The van der Waals surface area contributed by atoms with E-state index in [1.807, 2.05) is 25.2 Å². The van der Waals surface area contributed by atoms with Crippen LogP contribution in [-0.2, 0) is 0 Å². The normalized spacial score (nSPS) is 10.9. The van der Waals surface area contributed by atoms with Gasteiger partial charge in [0.25, 0.3) is 0 Å². The van der Waals surface area contributed by atoms with Crippen molar-refractivity contribution in [3.8, 4) is 0 Å². The topological polar surface area (TPSA) is 49.8 Å². The molecule has 1 aromatic carbocycles. The highest BCUT2D eigenvalue weighted by molar-refractivity contribution is 5.89. The first-order valence-corrected chi connectivity index (χ1v) is 6.96. The highest BCUT2D eigenvalue weighted by Crippen LogP contribution is 2.22. The van der Waals surface area contributed by atoms with E-state index in [4.69, 9.17) is 0 Å². The van der Waals surface area contributed by atoms with Gasteiger partial charge < -0.3 is 10.6 Å². The van der Waals surface area contributed by atoms with E-state index in [1.54, 1.807) is 0 Å². The Morgan fingerprint density at radius 2 is 1.84 bits per heavy atom. The Hall–Kier alpha value is -1.84. The van der Waals surface area contributed by atoms with Crippen LogP contribution < -0.4 is 10.6 Å². The monoisotopic (exact) mass is 258 g/mol. The van der Waals surface area contributed by atoms with Crippen molar-refractivity contribution in [3.63, 3.8) is 0 Å². The second-order valence-corrected chi connectivity index (χ2v) is 4.73. The summed E-state index contributed by atoms with van der Waals surface area (Å²) >= 11 is 0. The van der Waals surface area contributed by atoms with Crippen LogP contribution in [0.1, 0.15) is 26.7 Å². The molecule has 0 saturated carbocycles. The number of anilines is 2. The molecule has 2 N–H and O–H groups in total. The number of hydrogen-bond donors (Lipinski definition) is 2. The van der Waals surface area contributed by atoms with Crippen molar-refractivity contribution in [1.82, 2.24) is 9.97 Å². The fourth-order valence-electron chi connectivity index (χ4n) is 2.14. The van der Waals surface area contributed by atoms with Crippen molar-refractivity contribution in [3.05, 3.63) is 24.3 Å². The lowest BCUT2D eigenvalue weighted by molar-refractivity contribution is 0.518. The minimum atomic E-state index is 0.658. The van der Waals surface area contributed by atoms with Crippen LogP contribution >= 0.6 is 0 Å². The summed E-state index contributed by atoms with van der Waals surface area (Å²) < 4.78 is 0. The molecule has 0 aliphatic heterocycles. The van der Waals surface area contributed by atoms with E-state index in [0.717, 1.165) is 23.3 Å². The first kappa shape index (κ1) is 13.6. The van der Waals surface area contributed by atoms with Crippen molar-refractivity contribution in [1.29, 1.82) is 0 Å². The van der Waals surface area contributed by atoms with Crippen LogP contribution in [0.2, 0.25) is 0 Å². The number of benzene rings is 1. The number of hydrogen-bond acceptors (Lipinski definition) is 4. The number of nitrogens with zero attached hydrogens (tertiary/aromatic N) is 2. The molecule has 102 valence electrons. The Morgan fingerprint density at radius 1 is 1.11 bits per heavy atom. The Morgan fingerprint density at radius 3 is 2.53 bits per heavy atom. The minimum absolute atomic E-state index is 0.658. The van der Waals surface area contributed by atoms with Gasteiger partial charge in [-0.05, 0) is 18.1 Å². The summed E-state index contributed by atoms with van der Waals surface area (Å²) in [6.07, 6.45) is 2.37. The van der Waals surface area contributed by atoms with Crippen molar-refractivity contribution in [2.24, 2.45) is 5.92 Å². The Labute approximate surface area is 114 Å². The molecule has 0 atom stereocenters. The molecule has 2 aromatic rings. The maximum atomic E-state index is 4.53. The second kappa shape index (κ2) is 6.36. The van der Waals surface area contributed by atoms with Crippen LogP contribution in [0.25, 0.3) is 10.9 Å². The summed E-state index contributed by atoms with van der Waals surface area (Å²) in [6, 6.07) is 8.09. The summed E-state index contributed by atoms with van der Waals surface area (Å²) in [5.74, 6) is 2.26. The first-order valence-electron chi connectivity index (χ1n) is 6.96. The van der Waals surface area contributed by atoms with Gasteiger partial charge in [0.2, 0.25) is 5.95 Å². The van der Waals surface area contributed by atoms with Gasteiger partial charge in [0.15, 0.2) is 0 Å². The maximum Gasteiger partial charge on any atom is 0.224 e. The fraction of sp³-hybridized carbons (Fsp3) is 0.467. The van der Waals surface area contributed by atoms with Gasteiger partial charge in [-0.1, -0.05) is 38.8 Å². The van der Waals surface area contributed by atoms with Crippen molar-refractivity contribution >= 4 is 22.7 Å². The van der Waals surface area contributed by atoms with Gasteiger partial charge in [-0.25, -0.2) is 4.98 Å². The highest BCUT2D eigenvalue weighted by Gasteiger charge is 2.08. The van der Waals surface area contributed by atoms with Gasteiger partial charge in [-0.15, -0.1) is 0 Å². The standard InChI is InChI=1S/C15H22N4/c1-4-11(5-2)10-17-14-12-8-6-7-9-13(12)18-15(16-3)19-14/h6-9,11H,4-5,10H2,1-3H3,(H2,16,17,18,19). The van der Waals surface area contributed by atoms with Gasteiger partial charge in [0.05, 0.1) is 5.52 Å². The molecule has 0 saturated heterocycles. The zero-order valence-electron chi connectivity index (χ0n) is 11.9. The first-order chi connectivity index (χ1) is 9.28. The molecule has 2 rings (SSSR count). The molecule has 4 nitrogen and oxygen atoms in total. The van der Waals surface area contributed by atoms with Gasteiger partial charge in [0.1, 0.15) is 5.82 Å². The summed E-state index contributed by atoms with van der Waals surface area (Å²) in [4.78, 5) is 8.99. The fourth-order valence-corrected chi connectivity index (χ4v) is 2.14. The van der Waals surface area contributed by atoms with E-state index in [1.165, 1.54) is 12.8 Å². The molecule has 1 aromatic heterocycles. The molecule has 0 spiro atoms. The van der Waals surface area contributed by atoms with E-state index in [-0.39, 0.29) is 0 Å². The number of aromatic nitrogens is 2. The van der Waals surface area contributed by atoms with Crippen LogP contribution in [0, 0.1) is 5.92 Å². The quantitative estimate of drug-likeness (QED) is 0.832. The summed E-state index contributed by atoms with van der Waals surface area (Å²) in [6.45, 7) is 5.41. The molecule has 19 heavy (non-hydrogen) atoms. The average molecular weight is 258 g/mol. The van der Waals surface area contributed by atoms with Crippen LogP contribution in [-0.4, -0.2) is 23.6 Å². The second-order valence-electron chi connectivity index (χ2n) is 4.73. The van der Waals surface area contributed by atoms with E-state index < -0.39 is 0 Å². The van der Waals surface area contributed by atoms with E-state index in [2.05, 4.69) is 40.5 Å².